The van der Waals surface area contributed by atoms with E-state index in [1.165, 1.54) is 0 Å². The molecule has 3 aromatic rings. The zero-order valence-electron chi connectivity index (χ0n) is 19.4. The lowest BCUT2D eigenvalue weighted by Crippen LogP contribution is -2.19. The number of aromatic hydroxyl groups is 2. The second-order valence-electron chi connectivity index (χ2n) is 8.66. The van der Waals surface area contributed by atoms with E-state index in [4.69, 9.17) is 4.74 Å². The molecule has 0 bridgehead atoms. The second-order valence-corrected chi connectivity index (χ2v) is 8.66. The molecule has 0 unspecified atom stereocenters. The lowest BCUT2D eigenvalue weighted by atomic mass is 9.82. The average Bonchev–Trinajstić information content (AvgIpc) is 2.71. The van der Waals surface area contributed by atoms with Gasteiger partial charge >= 0.3 is 0 Å². The van der Waals surface area contributed by atoms with Crippen LogP contribution in [0.15, 0.2) is 48.5 Å². The predicted molar refractivity (Wildman–Crippen MR) is 127 cm³/mol. The molecule has 31 heavy (non-hydrogen) atoms. The normalized spacial score (nSPS) is 11.4. The van der Waals surface area contributed by atoms with Gasteiger partial charge in [0.1, 0.15) is 23.9 Å². The molecule has 2 N–H and O–H groups in total. The highest BCUT2D eigenvalue weighted by molar-refractivity contribution is 5.53. The first-order chi connectivity index (χ1) is 14.7. The molecule has 164 valence electrons. The first kappa shape index (κ1) is 22.7. The zero-order chi connectivity index (χ0) is 22.7. The van der Waals surface area contributed by atoms with Gasteiger partial charge < -0.3 is 19.8 Å². The van der Waals surface area contributed by atoms with E-state index in [-0.39, 0.29) is 5.92 Å². The highest BCUT2D eigenvalue weighted by atomic mass is 16.5. The molecule has 0 aliphatic heterocycles. The topological polar surface area (TPSA) is 52.9 Å². The molecule has 3 rings (SSSR count). The largest absolute Gasteiger partial charge is 0.507 e. The molecule has 4 nitrogen and oxygen atoms in total. The molecule has 0 radical (unpaired) electrons. The first-order valence-corrected chi connectivity index (χ1v) is 10.6. The van der Waals surface area contributed by atoms with Crippen molar-refractivity contribution in [3.8, 4) is 17.2 Å². The molecule has 4 heteroatoms. The van der Waals surface area contributed by atoms with Crippen LogP contribution in [0.4, 0.5) is 0 Å². The molecular weight excluding hydrogens is 386 g/mol. The number of aryl methyl sites for hydroxylation is 4. The summed E-state index contributed by atoms with van der Waals surface area (Å²) < 4.78 is 5.86. The molecule has 3 aromatic carbocycles. The molecule has 0 aliphatic carbocycles. The van der Waals surface area contributed by atoms with Crippen LogP contribution >= 0.6 is 0 Å². The Morgan fingerprint density at radius 1 is 0.710 bits per heavy atom. The van der Waals surface area contributed by atoms with Crippen LogP contribution < -0.4 is 4.74 Å². The number of benzene rings is 3. The third-order valence-electron chi connectivity index (χ3n) is 5.71. The van der Waals surface area contributed by atoms with Gasteiger partial charge in [0.25, 0.3) is 0 Å². The average molecular weight is 420 g/mol. The Labute approximate surface area is 185 Å². The van der Waals surface area contributed by atoms with Gasteiger partial charge in [-0.05, 0) is 92.9 Å². The minimum absolute atomic E-state index is 0.0215. The summed E-state index contributed by atoms with van der Waals surface area (Å²) in [5.74, 6) is 1.50. The summed E-state index contributed by atoms with van der Waals surface area (Å²) in [6, 6.07) is 16.4. The third kappa shape index (κ3) is 5.20. The molecule has 0 heterocycles. The maximum atomic E-state index is 10.3. The number of hydrogen-bond donors (Lipinski definition) is 2. The van der Waals surface area contributed by atoms with Crippen molar-refractivity contribution in [2.24, 2.45) is 0 Å². The predicted octanol–water partition coefficient (Wildman–Crippen LogP) is 5.45. The summed E-state index contributed by atoms with van der Waals surface area (Å²) in [7, 11) is 4.06. The SMILES string of the molecule is Cc1cc(C(c2ccc(OCCN(C)C)cc2)c2cc(C)c(O)c(C)c2)cc(C)c1O. The fourth-order valence-corrected chi connectivity index (χ4v) is 3.99. The lowest BCUT2D eigenvalue weighted by molar-refractivity contribution is 0.261. The zero-order valence-corrected chi connectivity index (χ0v) is 19.4. The Kier molecular flexibility index (Phi) is 6.91. The number of phenolic OH excluding ortho intramolecular Hbond substituents is 2. The molecule has 0 saturated heterocycles. The van der Waals surface area contributed by atoms with E-state index in [1.54, 1.807) is 0 Å². The minimum Gasteiger partial charge on any atom is -0.507 e. The molecule has 0 aromatic heterocycles. The van der Waals surface area contributed by atoms with Gasteiger partial charge in [-0.15, -0.1) is 0 Å². The third-order valence-corrected chi connectivity index (χ3v) is 5.71. The number of likely N-dealkylation sites (N-methyl/N-ethyl adjacent to an activating group) is 1. The van der Waals surface area contributed by atoms with Crippen LogP contribution in [0.1, 0.15) is 44.9 Å². The molecule has 0 saturated carbocycles. The summed E-state index contributed by atoms with van der Waals surface area (Å²) in [4.78, 5) is 2.09. The van der Waals surface area contributed by atoms with Gasteiger partial charge in [-0.1, -0.05) is 36.4 Å². The van der Waals surface area contributed by atoms with Crippen LogP contribution in [0.2, 0.25) is 0 Å². The van der Waals surface area contributed by atoms with Crippen molar-refractivity contribution in [2.45, 2.75) is 33.6 Å². The van der Waals surface area contributed by atoms with Crippen LogP contribution in [-0.4, -0.2) is 42.4 Å². The minimum atomic E-state index is -0.0215. The van der Waals surface area contributed by atoms with Gasteiger partial charge in [-0.25, -0.2) is 0 Å². The Balaban J connectivity index is 2.05. The smallest absolute Gasteiger partial charge is 0.121 e. The van der Waals surface area contributed by atoms with E-state index in [9.17, 15) is 10.2 Å². The Hall–Kier alpha value is -2.98. The second kappa shape index (κ2) is 9.44. The van der Waals surface area contributed by atoms with Gasteiger partial charge in [0.05, 0.1) is 0 Å². The quantitative estimate of drug-likeness (QED) is 0.500. The molecule has 0 amide bonds. The van der Waals surface area contributed by atoms with Gasteiger partial charge in [0.2, 0.25) is 0 Å². The van der Waals surface area contributed by atoms with Gasteiger partial charge in [0, 0.05) is 12.5 Å². The molecule has 0 atom stereocenters. The van der Waals surface area contributed by atoms with Crippen molar-refractivity contribution in [3.05, 3.63) is 87.5 Å². The van der Waals surface area contributed by atoms with Crippen molar-refractivity contribution >= 4 is 0 Å². The number of hydrogen-bond acceptors (Lipinski definition) is 4. The fourth-order valence-electron chi connectivity index (χ4n) is 3.99. The van der Waals surface area contributed by atoms with E-state index < -0.39 is 0 Å². The van der Waals surface area contributed by atoms with Crippen LogP contribution in [0.25, 0.3) is 0 Å². The van der Waals surface area contributed by atoms with E-state index in [0.717, 1.165) is 51.2 Å². The number of nitrogens with zero attached hydrogens (tertiary/aromatic N) is 1. The summed E-state index contributed by atoms with van der Waals surface area (Å²) >= 11 is 0. The number of rotatable bonds is 7. The van der Waals surface area contributed by atoms with Crippen molar-refractivity contribution in [1.29, 1.82) is 0 Å². The van der Waals surface area contributed by atoms with Gasteiger partial charge in [0.15, 0.2) is 0 Å². The summed E-state index contributed by atoms with van der Waals surface area (Å²) in [6.45, 7) is 9.22. The van der Waals surface area contributed by atoms with E-state index in [0.29, 0.717) is 18.1 Å². The van der Waals surface area contributed by atoms with Gasteiger partial charge in [-0.2, -0.15) is 0 Å². The molecular formula is C27H33NO3. The number of phenols is 2. The molecule has 0 fully saturated rings. The van der Waals surface area contributed by atoms with Crippen molar-refractivity contribution in [1.82, 2.24) is 4.90 Å². The molecule has 0 spiro atoms. The maximum Gasteiger partial charge on any atom is 0.121 e. The number of ether oxygens (including phenoxy) is 1. The highest BCUT2D eigenvalue weighted by Gasteiger charge is 2.20. The standard InChI is InChI=1S/C27H33NO3/c1-17-13-22(14-18(2)26(17)29)25(23-15-19(3)27(30)20(4)16-23)21-7-9-24(10-8-21)31-12-11-28(5)6/h7-10,13-16,25,29-30H,11-12H2,1-6H3. The summed E-state index contributed by atoms with van der Waals surface area (Å²) in [5.41, 5.74) is 6.78. The highest BCUT2D eigenvalue weighted by Crippen LogP contribution is 2.38. The van der Waals surface area contributed by atoms with Gasteiger partial charge in [-0.3, -0.25) is 0 Å². The van der Waals surface area contributed by atoms with Crippen LogP contribution in [-0.2, 0) is 0 Å². The first-order valence-electron chi connectivity index (χ1n) is 10.6. The van der Waals surface area contributed by atoms with Crippen molar-refractivity contribution < 1.29 is 14.9 Å². The summed E-state index contributed by atoms with van der Waals surface area (Å²) in [6.07, 6.45) is 0. The monoisotopic (exact) mass is 419 g/mol. The van der Waals surface area contributed by atoms with Crippen LogP contribution in [0.3, 0.4) is 0 Å². The van der Waals surface area contributed by atoms with Crippen LogP contribution in [0, 0.1) is 27.7 Å². The Morgan fingerprint density at radius 2 is 1.13 bits per heavy atom. The van der Waals surface area contributed by atoms with Crippen molar-refractivity contribution in [3.63, 3.8) is 0 Å². The van der Waals surface area contributed by atoms with E-state index in [1.807, 2.05) is 78.2 Å². The van der Waals surface area contributed by atoms with E-state index >= 15 is 0 Å². The molecule has 0 aliphatic rings. The van der Waals surface area contributed by atoms with Crippen molar-refractivity contribution in [2.75, 3.05) is 27.2 Å². The Bertz CT molecular complexity index is 951. The maximum absolute atomic E-state index is 10.3. The summed E-state index contributed by atoms with van der Waals surface area (Å²) in [5, 5.41) is 20.6. The Morgan fingerprint density at radius 3 is 1.52 bits per heavy atom. The van der Waals surface area contributed by atoms with Crippen LogP contribution in [0.5, 0.6) is 17.2 Å². The fraction of sp³-hybridized carbons (Fsp3) is 0.333. The van der Waals surface area contributed by atoms with E-state index in [2.05, 4.69) is 17.0 Å². The lowest BCUT2D eigenvalue weighted by Gasteiger charge is -2.22.